The highest BCUT2D eigenvalue weighted by molar-refractivity contribution is 5.96. The molecule has 0 saturated carbocycles. The summed E-state index contributed by atoms with van der Waals surface area (Å²) in [5.41, 5.74) is 6.21. The van der Waals surface area contributed by atoms with Crippen LogP contribution in [0.1, 0.15) is 10.4 Å². The summed E-state index contributed by atoms with van der Waals surface area (Å²) < 4.78 is 10.0. The third-order valence-electron chi connectivity index (χ3n) is 3.08. The molecule has 0 unspecified atom stereocenters. The van der Waals surface area contributed by atoms with Gasteiger partial charge in [-0.1, -0.05) is 6.07 Å². The molecule has 4 N–H and O–H groups in total. The number of urea groups is 1. The SMILES string of the molecule is COc1cccc(NC(=O)COC(=O)c2ccc(NC(N)=O)cc2)c1. The van der Waals surface area contributed by atoms with Crippen molar-refractivity contribution in [2.24, 2.45) is 5.73 Å². The van der Waals surface area contributed by atoms with Gasteiger partial charge in [-0.2, -0.15) is 0 Å². The van der Waals surface area contributed by atoms with E-state index in [4.69, 9.17) is 15.2 Å². The molecule has 2 aromatic rings. The van der Waals surface area contributed by atoms with Crippen molar-refractivity contribution in [3.8, 4) is 5.75 Å². The van der Waals surface area contributed by atoms with Crippen molar-refractivity contribution in [1.29, 1.82) is 0 Å². The summed E-state index contributed by atoms with van der Waals surface area (Å²) in [5.74, 6) is -0.542. The van der Waals surface area contributed by atoms with E-state index in [1.54, 1.807) is 24.3 Å². The van der Waals surface area contributed by atoms with Crippen LogP contribution < -0.4 is 21.1 Å². The van der Waals surface area contributed by atoms with Crippen LogP contribution in [-0.4, -0.2) is 31.6 Å². The van der Waals surface area contributed by atoms with E-state index in [9.17, 15) is 14.4 Å². The van der Waals surface area contributed by atoms with Gasteiger partial charge in [0, 0.05) is 17.4 Å². The lowest BCUT2D eigenvalue weighted by Gasteiger charge is -2.08. The number of ether oxygens (including phenoxy) is 2. The van der Waals surface area contributed by atoms with Crippen LogP contribution in [0.15, 0.2) is 48.5 Å². The fourth-order valence-electron chi connectivity index (χ4n) is 1.94. The van der Waals surface area contributed by atoms with Crippen LogP contribution in [0.4, 0.5) is 16.2 Å². The lowest BCUT2D eigenvalue weighted by atomic mass is 10.2. The molecule has 0 spiro atoms. The van der Waals surface area contributed by atoms with E-state index in [-0.39, 0.29) is 5.56 Å². The van der Waals surface area contributed by atoms with Crippen LogP contribution in [0.25, 0.3) is 0 Å². The topological polar surface area (TPSA) is 120 Å². The summed E-state index contributed by atoms with van der Waals surface area (Å²) >= 11 is 0. The summed E-state index contributed by atoms with van der Waals surface area (Å²) in [6.07, 6.45) is 0. The zero-order valence-electron chi connectivity index (χ0n) is 13.4. The minimum atomic E-state index is -0.704. The highest BCUT2D eigenvalue weighted by atomic mass is 16.5. The van der Waals surface area contributed by atoms with Crippen LogP contribution in [0.3, 0.4) is 0 Å². The lowest BCUT2D eigenvalue weighted by molar-refractivity contribution is -0.119. The number of hydrogen-bond donors (Lipinski definition) is 3. The molecule has 0 radical (unpaired) electrons. The van der Waals surface area contributed by atoms with Crippen molar-refractivity contribution >= 4 is 29.3 Å². The fraction of sp³-hybridized carbons (Fsp3) is 0.118. The lowest BCUT2D eigenvalue weighted by Crippen LogP contribution is -2.21. The second kappa shape index (κ2) is 8.34. The predicted molar refractivity (Wildman–Crippen MR) is 91.6 cm³/mol. The first kappa shape index (κ1) is 17.8. The van der Waals surface area contributed by atoms with Gasteiger partial charge < -0.3 is 25.8 Å². The van der Waals surface area contributed by atoms with E-state index < -0.39 is 24.5 Å². The molecular formula is C17H17N3O5. The minimum Gasteiger partial charge on any atom is -0.497 e. The standard InChI is InChI=1S/C17H17N3O5/c1-24-14-4-2-3-13(9-14)19-15(21)10-25-16(22)11-5-7-12(8-6-11)20-17(18)23/h2-9H,10H2,1H3,(H,19,21)(H3,18,20,23). The maximum Gasteiger partial charge on any atom is 0.338 e. The monoisotopic (exact) mass is 343 g/mol. The Bertz CT molecular complexity index is 774. The van der Waals surface area contributed by atoms with Crippen molar-refractivity contribution in [2.45, 2.75) is 0 Å². The van der Waals surface area contributed by atoms with Crippen molar-refractivity contribution in [3.05, 3.63) is 54.1 Å². The number of hydrogen-bond acceptors (Lipinski definition) is 5. The Labute approximate surface area is 143 Å². The number of nitrogens with one attached hydrogen (secondary N) is 2. The Balaban J connectivity index is 1.86. The molecule has 3 amide bonds. The van der Waals surface area contributed by atoms with Gasteiger partial charge >= 0.3 is 12.0 Å². The number of rotatable bonds is 6. The zero-order valence-corrected chi connectivity index (χ0v) is 13.4. The molecule has 0 aliphatic rings. The molecule has 0 atom stereocenters. The van der Waals surface area contributed by atoms with Gasteiger partial charge in [-0.05, 0) is 36.4 Å². The molecule has 0 aliphatic carbocycles. The van der Waals surface area contributed by atoms with Gasteiger partial charge in [0.05, 0.1) is 12.7 Å². The Morgan fingerprint density at radius 1 is 1.00 bits per heavy atom. The maximum atomic E-state index is 11.9. The largest absolute Gasteiger partial charge is 0.497 e. The predicted octanol–water partition coefficient (Wildman–Crippen LogP) is 1.98. The third kappa shape index (κ3) is 5.54. The van der Waals surface area contributed by atoms with Crippen molar-refractivity contribution in [3.63, 3.8) is 0 Å². The van der Waals surface area contributed by atoms with E-state index in [0.717, 1.165) is 0 Å². The van der Waals surface area contributed by atoms with Crippen molar-refractivity contribution < 1.29 is 23.9 Å². The maximum absolute atomic E-state index is 11.9. The Morgan fingerprint density at radius 2 is 1.72 bits per heavy atom. The molecule has 8 nitrogen and oxygen atoms in total. The highest BCUT2D eigenvalue weighted by Gasteiger charge is 2.11. The number of esters is 1. The van der Waals surface area contributed by atoms with Gasteiger partial charge in [-0.15, -0.1) is 0 Å². The van der Waals surface area contributed by atoms with E-state index in [1.165, 1.54) is 31.4 Å². The molecule has 2 aromatic carbocycles. The molecule has 0 heterocycles. The number of nitrogens with two attached hydrogens (primary N) is 1. The third-order valence-corrected chi connectivity index (χ3v) is 3.08. The van der Waals surface area contributed by atoms with Crippen LogP contribution in [0, 0.1) is 0 Å². The summed E-state index contributed by atoms with van der Waals surface area (Å²) in [7, 11) is 1.52. The molecule has 0 aromatic heterocycles. The Hall–Kier alpha value is -3.55. The first-order valence-electron chi connectivity index (χ1n) is 7.25. The molecule has 0 fully saturated rings. The summed E-state index contributed by atoms with van der Waals surface area (Å²) in [5, 5.41) is 4.97. The number of carbonyl (C=O) groups is 3. The van der Waals surface area contributed by atoms with Crippen LogP contribution in [0.2, 0.25) is 0 Å². The first-order valence-corrected chi connectivity index (χ1v) is 7.25. The Kier molecular flexibility index (Phi) is 5.94. The van der Waals surface area contributed by atoms with Gasteiger partial charge in [-0.3, -0.25) is 4.79 Å². The summed E-state index contributed by atoms with van der Waals surface area (Å²) in [6.45, 7) is -0.433. The molecule has 0 saturated heterocycles. The smallest absolute Gasteiger partial charge is 0.338 e. The first-order chi connectivity index (χ1) is 12.0. The number of carbonyl (C=O) groups excluding carboxylic acids is 3. The summed E-state index contributed by atoms with van der Waals surface area (Å²) in [4.78, 5) is 34.5. The zero-order chi connectivity index (χ0) is 18.2. The Morgan fingerprint density at radius 3 is 2.36 bits per heavy atom. The van der Waals surface area contributed by atoms with E-state index >= 15 is 0 Å². The highest BCUT2D eigenvalue weighted by Crippen LogP contribution is 2.16. The average molecular weight is 343 g/mol. The van der Waals surface area contributed by atoms with Gasteiger partial charge in [0.15, 0.2) is 6.61 Å². The second-order valence-corrected chi connectivity index (χ2v) is 4.92. The number of primary amides is 1. The van der Waals surface area contributed by atoms with Gasteiger partial charge in [0.1, 0.15) is 5.75 Å². The van der Waals surface area contributed by atoms with Crippen molar-refractivity contribution in [2.75, 3.05) is 24.4 Å². The van der Waals surface area contributed by atoms with Gasteiger partial charge in [-0.25, -0.2) is 9.59 Å². The van der Waals surface area contributed by atoms with Gasteiger partial charge in [0.25, 0.3) is 5.91 Å². The van der Waals surface area contributed by atoms with E-state index in [1.807, 2.05) is 0 Å². The molecular weight excluding hydrogens is 326 g/mol. The normalized spacial score (nSPS) is 9.80. The summed E-state index contributed by atoms with van der Waals surface area (Å²) in [6, 6.07) is 12.0. The molecule has 8 heteroatoms. The second-order valence-electron chi connectivity index (χ2n) is 4.92. The molecule has 25 heavy (non-hydrogen) atoms. The van der Waals surface area contributed by atoms with Crippen LogP contribution >= 0.6 is 0 Å². The number of anilines is 2. The number of methoxy groups -OCH3 is 1. The number of amides is 3. The molecule has 2 rings (SSSR count). The molecule has 130 valence electrons. The van der Waals surface area contributed by atoms with Gasteiger partial charge in [0.2, 0.25) is 0 Å². The number of benzene rings is 2. The average Bonchev–Trinajstić information content (AvgIpc) is 2.60. The van der Waals surface area contributed by atoms with E-state index in [0.29, 0.717) is 17.1 Å². The minimum absolute atomic E-state index is 0.240. The molecule has 0 aliphatic heterocycles. The van der Waals surface area contributed by atoms with Crippen LogP contribution in [0.5, 0.6) is 5.75 Å². The molecule has 0 bridgehead atoms. The van der Waals surface area contributed by atoms with E-state index in [2.05, 4.69) is 10.6 Å². The fourth-order valence-corrected chi connectivity index (χ4v) is 1.94. The van der Waals surface area contributed by atoms with Crippen molar-refractivity contribution in [1.82, 2.24) is 0 Å². The van der Waals surface area contributed by atoms with Crippen LogP contribution in [-0.2, 0) is 9.53 Å². The quantitative estimate of drug-likeness (QED) is 0.693.